The summed E-state index contributed by atoms with van der Waals surface area (Å²) in [4.78, 5) is 6.12. The molecule has 0 saturated heterocycles. The number of hydrogen-bond acceptors (Lipinski definition) is 5. The van der Waals surface area contributed by atoms with E-state index >= 15 is 0 Å². The standard InChI is InChI=1S/C15H18N2O2S/c1-9-7-11-13(8-16-9)20-15(17-11)10-5-4-6-12(18-2)14(10)19-3/h4-6,9,16H,7-8H2,1-3H3. The van der Waals surface area contributed by atoms with Gasteiger partial charge < -0.3 is 14.8 Å². The summed E-state index contributed by atoms with van der Waals surface area (Å²) in [7, 11) is 3.32. The number of thiazole rings is 1. The molecule has 3 rings (SSSR count). The molecule has 1 aromatic carbocycles. The van der Waals surface area contributed by atoms with Crippen molar-refractivity contribution in [1.82, 2.24) is 10.3 Å². The molecule has 106 valence electrons. The van der Waals surface area contributed by atoms with Crippen LogP contribution >= 0.6 is 11.3 Å². The van der Waals surface area contributed by atoms with Crippen molar-refractivity contribution in [3.8, 4) is 22.1 Å². The van der Waals surface area contributed by atoms with Crippen molar-refractivity contribution >= 4 is 11.3 Å². The number of fused-ring (bicyclic) bond motifs is 1. The molecule has 4 nitrogen and oxygen atoms in total. The van der Waals surface area contributed by atoms with Crippen LogP contribution < -0.4 is 14.8 Å². The smallest absolute Gasteiger partial charge is 0.170 e. The van der Waals surface area contributed by atoms with Crippen LogP contribution in [0.4, 0.5) is 0 Å². The summed E-state index contributed by atoms with van der Waals surface area (Å²) in [5, 5.41) is 4.47. The first-order valence-electron chi connectivity index (χ1n) is 6.66. The Morgan fingerprint density at radius 1 is 1.30 bits per heavy atom. The van der Waals surface area contributed by atoms with Crippen LogP contribution in [-0.4, -0.2) is 25.2 Å². The van der Waals surface area contributed by atoms with Crippen LogP contribution in [0.3, 0.4) is 0 Å². The fraction of sp³-hybridized carbons (Fsp3) is 0.400. The Hall–Kier alpha value is -1.59. The van der Waals surface area contributed by atoms with Crippen molar-refractivity contribution < 1.29 is 9.47 Å². The summed E-state index contributed by atoms with van der Waals surface area (Å²) in [6, 6.07) is 6.39. The molecule has 0 amide bonds. The number of rotatable bonds is 3. The zero-order valence-corrected chi connectivity index (χ0v) is 12.7. The minimum atomic E-state index is 0.490. The Kier molecular flexibility index (Phi) is 3.63. The number of hydrogen-bond donors (Lipinski definition) is 1. The van der Waals surface area contributed by atoms with Gasteiger partial charge in [-0.15, -0.1) is 11.3 Å². The van der Waals surface area contributed by atoms with Gasteiger partial charge in [-0.1, -0.05) is 6.07 Å². The highest BCUT2D eigenvalue weighted by atomic mass is 32.1. The summed E-state index contributed by atoms with van der Waals surface area (Å²) in [6.45, 7) is 3.09. The van der Waals surface area contributed by atoms with E-state index in [9.17, 15) is 0 Å². The third-order valence-corrected chi connectivity index (χ3v) is 4.65. The largest absolute Gasteiger partial charge is 0.493 e. The lowest BCUT2D eigenvalue weighted by molar-refractivity contribution is 0.356. The zero-order valence-electron chi connectivity index (χ0n) is 11.9. The molecule has 1 unspecified atom stereocenters. The molecule has 20 heavy (non-hydrogen) atoms. The normalized spacial score (nSPS) is 17.6. The van der Waals surface area contributed by atoms with Crippen LogP contribution in [0.5, 0.6) is 11.5 Å². The van der Waals surface area contributed by atoms with Crippen LogP contribution in [0.15, 0.2) is 18.2 Å². The number of nitrogens with one attached hydrogen (secondary N) is 1. The highest BCUT2D eigenvalue weighted by Gasteiger charge is 2.22. The van der Waals surface area contributed by atoms with E-state index in [0.29, 0.717) is 6.04 Å². The molecule has 0 radical (unpaired) electrons. The maximum absolute atomic E-state index is 5.50. The van der Waals surface area contributed by atoms with Gasteiger partial charge in [0.15, 0.2) is 11.5 Å². The van der Waals surface area contributed by atoms with Gasteiger partial charge in [-0.05, 0) is 19.1 Å². The summed E-state index contributed by atoms with van der Waals surface area (Å²) < 4.78 is 10.9. The average molecular weight is 290 g/mol. The van der Waals surface area contributed by atoms with E-state index in [1.165, 1.54) is 10.6 Å². The second-order valence-electron chi connectivity index (χ2n) is 4.92. The number of benzene rings is 1. The Morgan fingerprint density at radius 3 is 2.90 bits per heavy atom. The lowest BCUT2D eigenvalue weighted by Crippen LogP contribution is -2.32. The fourth-order valence-electron chi connectivity index (χ4n) is 2.48. The van der Waals surface area contributed by atoms with Gasteiger partial charge in [0.05, 0.1) is 25.5 Å². The van der Waals surface area contributed by atoms with Gasteiger partial charge in [-0.3, -0.25) is 0 Å². The highest BCUT2D eigenvalue weighted by Crippen LogP contribution is 2.40. The van der Waals surface area contributed by atoms with E-state index in [1.54, 1.807) is 25.6 Å². The molecule has 1 aliphatic heterocycles. The SMILES string of the molecule is COc1cccc(-c2nc3c(s2)CNC(C)C3)c1OC. The molecule has 0 spiro atoms. The molecule has 0 fully saturated rings. The predicted octanol–water partition coefficient (Wildman–Crippen LogP) is 2.86. The van der Waals surface area contributed by atoms with Gasteiger partial charge in [0.1, 0.15) is 5.01 Å². The second kappa shape index (κ2) is 5.42. The molecule has 1 aromatic heterocycles. The van der Waals surface area contributed by atoms with Gasteiger partial charge in [-0.2, -0.15) is 0 Å². The van der Waals surface area contributed by atoms with Gasteiger partial charge in [-0.25, -0.2) is 4.98 Å². The van der Waals surface area contributed by atoms with Crippen LogP contribution in [0.1, 0.15) is 17.5 Å². The van der Waals surface area contributed by atoms with E-state index in [1.807, 2.05) is 18.2 Å². The molecule has 0 saturated carbocycles. The second-order valence-corrected chi connectivity index (χ2v) is 6.00. The zero-order chi connectivity index (χ0) is 14.1. The first kappa shape index (κ1) is 13.4. The number of ether oxygens (including phenoxy) is 2. The molecule has 0 aliphatic carbocycles. The van der Waals surface area contributed by atoms with Crippen molar-refractivity contribution in [3.63, 3.8) is 0 Å². The number of nitrogens with zero attached hydrogens (tertiary/aromatic N) is 1. The number of para-hydroxylation sites is 1. The Bertz CT molecular complexity index is 624. The van der Waals surface area contributed by atoms with Crippen molar-refractivity contribution in [2.45, 2.75) is 25.9 Å². The van der Waals surface area contributed by atoms with Crippen molar-refractivity contribution in [3.05, 3.63) is 28.8 Å². The molecule has 1 atom stereocenters. The molecule has 5 heteroatoms. The van der Waals surface area contributed by atoms with Gasteiger partial charge >= 0.3 is 0 Å². The lowest BCUT2D eigenvalue weighted by Gasteiger charge is -2.18. The first-order valence-corrected chi connectivity index (χ1v) is 7.48. The Balaban J connectivity index is 2.06. The maximum atomic E-state index is 5.50. The summed E-state index contributed by atoms with van der Waals surface area (Å²) in [6.07, 6.45) is 0.984. The Labute approximate surface area is 122 Å². The Morgan fingerprint density at radius 2 is 2.15 bits per heavy atom. The maximum Gasteiger partial charge on any atom is 0.170 e. The van der Waals surface area contributed by atoms with E-state index in [0.717, 1.165) is 35.0 Å². The third kappa shape index (κ3) is 2.27. The third-order valence-electron chi connectivity index (χ3n) is 3.52. The van der Waals surface area contributed by atoms with Crippen molar-refractivity contribution in [1.29, 1.82) is 0 Å². The molecular weight excluding hydrogens is 272 g/mol. The van der Waals surface area contributed by atoms with Crippen LogP contribution in [0.2, 0.25) is 0 Å². The topological polar surface area (TPSA) is 43.4 Å². The fourth-order valence-corrected chi connectivity index (χ4v) is 3.54. The molecule has 1 N–H and O–H groups in total. The first-order chi connectivity index (χ1) is 9.72. The van der Waals surface area contributed by atoms with E-state index < -0.39 is 0 Å². The summed E-state index contributed by atoms with van der Waals surface area (Å²) in [5.41, 5.74) is 2.21. The van der Waals surface area contributed by atoms with E-state index in [-0.39, 0.29) is 0 Å². The number of aromatic nitrogens is 1. The average Bonchev–Trinajstić information content (AvgIpc) is 2.88. The molecule has 0 bridgehead atoms. The van der Waals surface area contributed by atoms with Crippen LogP contribution in [-0.2, 0) is 13.0 Å². The number of methoxy groups -OCH3 is 2. The van der Waals surface area contributed by atoms with Crippen LogP contribution in [0, 0.1) is 0 Å². The molecule has 2 heterocycles. The quantitative estimate of drug-likeness (QED) is 0.944. The van der Waals surface area contributed by atoms with Crippen molar-refractivity contribution in [2.24, 2.45) is 0 Å². The molecule has 1 aliphatic rings. The van der Waals surface area contributed by atoms with E-state index in [2.05, 4.69) is 12.2 Å². The summed E-state index contributed by atoms with van der Waals surface area (Å²) in [5.74, 6) is 1.49. The van der Waals surface area contributed by atoms with Crippen LogP contribution in [0.25, 0.3) is 10.6 Å². The molecule has 2 aromatic rings. The highest BCUT2D eigenvalue weighted by molar-refractivity contribution is 7.15. The van der Waals surface area contributed by atoms with Gasteiger partial charge in [0.2, 0.25) is 0 Å². The van der Waals surface area contributed by atoms with Gasteiger partial charge in [0, 0.05) is 23.9 Å². The minimum Gasteiger partial charge on any atom is -0.493 e. The minimum absolute atomic E-state index is 0.490. The predicted molar refractivity (Wildman–Crippen MR) is 80.7 cm³/mol. The van der Waals surface area contributed by atoms with E-state index in [4.69, 9.17) is 14.5 Å². The van der Waals surface area contributed by atoms with Crippen molar-refractivity contribution in [2.75, 3.05) is 14.2 Å². The van der Waals surface area contributed by atoms with Gasteiger partial charge in [0.25, 0.3) is 0 Å². The monoisotopic (exact) mass is 290 g/mol. The lowest BCUT2D eigenvalue weighted by atomic mass is 10.1. The summed E-state index contributed by atoms with van der Waals surface area (Å²) >= 11 is 1.73. The molecular formula is C15H18N2O2S.